The Balaban J connectivity index is 1.70. The van der Waals surface area contributed by atoms with Gasteiger partial charge in [0.05, 0.1) is 10.5 Å². The van der Waals surface area contributed by atoms with Gasteiger partial charge in [-0.15, -0.1) is 10.2 Å². The smallest absolute Gasteiger partial charge is 0.211 e. The Kier molecular flexibility index (Phi) is 3.84. The van der Waals surface area contributed by atoms with Crippen molar-refractivity contribution in [2.24, 2.45) is 0 Å². The van der Waals surface area contributed by atoms with E-state index >= 15 is 0 Å². The van der Waals surface area contributed by atoms with Crippen molar-refractivity contribution < 1.29 is 8.42 Å². The predicted molar refractivity (Wildman–Crippen MR) is 78.7 cm³/mol. The Hall–Kier alpha value is -2.35. The Bertz CT molecular complexity index is 925. The molecule has 10 heteroatoms. The summed E-state index contributed by atoms with van der Waals surface area (Å²) in [6.07, 6.45) is 1.92. The first-order valence-corrected chi connectivity index (χ1v) is 8.54. The highest BCUT2D eigenvalue weighted by molar-refractivity contribution is 7.89. The highest BCUT2D eigenvalue weighted by Gasteiger charge is 2.17. The lowest BCUT2D eigenvalue weighted by Gasteiger charge is -2.06. The number of fused-ring (bicyclic) bond motifs is 1. The number of rotatable bonds is 5. The van der Waals surface area contributed by atoms with Crippen LogP contribution in [0.3, 0.4) is 0 Å². The van der Waals surface area contributed by atoms with E-state index in [9.17, 15) is 8.42 Å². The molecule has 0 radical (unpaired) electrons. The zero-order chi connectivity index (χ0) is 15.6. The average Bonchev–Trinajstić information content (AvgIpc) is 3.08. The van der Waals surface area contributed by atoms with Crippen molar-refractivity contribution >= 4 is 26.3 Å². The molecule has 2 heterocycles. The van der Waals surface area contributed by atoms with Gasteiger partial charge in [-0.25, -0.2) is 13.1 Å². The topological polar surface area (TPSA) is 113 Å². The third kappa shape index (κ3) is 2.82. The fourth-order valence-electron chi connectivity index (χ4n) is 1.87. The summed E-state index contributed by atoms with van der Waals surface area (Å²) in [5.41, 5.74) is 0.119. The van der Waals surface area contributed by atoms with Crippen molar-refractivity contribution in [2.45, 2.75) is 11.3 Å². The first-order valence-electron chi connectivity index (χ1n) is 6.25. The van der Waals surface area contributed by atoms with E-state index in [0.29, 0.717) is 11.4 Å². The summed E-state index contributed by atoms with van der Waals surface area (Å²) in [6, 6.07) is 7.96. The quantitative estimate of drug-likeness (QED) is 0.730. The third-order valence-electron chi connectivity index (χ3n) is 2.86. The van der Waals surface area contributed by atoms with Crippen LogP contribution >= 0.6 is 11.3 Å². The van der Waals surface area contributed by atoms with E-state index in [2.05, 4.69) is 20.0 Å². The first kappa shape index (κ1) is 14.6. The van der Waals surface area contributed by atoms with Gasteiger partial charge in [-0.05, 0) is 12.1 Å². The van der Waals surface area contributed by atoms with Crippen molar-refractivity contribution in [2.75, 3.05) is 6.54 Å². The number of aromatic nitrogens is 4. The van der Waals surface area contributed by atoms with E-state index in [1.54, 1.807) is 16.6 Å². The van der Waals surface area contributed by atoms with Crippen LogP contribution in [0.4, 0.5) is 0 Å². The van der Waals surface area contributed by atoms with Gasteiger partial charge in [0, 0.05) is 13.0 Å². The van der Waals surface area contributed by atoms with Gasteiger partial charge in [-0.1, -0.05) is 23.5 Å². The zero-order valence-electron chi connectivity index (χ0n) is 11.2. The molecule has 0 atom stereocenters. The van der Waals surface area contributed by atoms with Crippen molar-refractivity contribution in [3.8, 4) is 6.07 Å². The van der Waals surface area contributed by atoms with Crippen LogP contribution in [0.5, 0.6) is 0 Å². The van der Waals surface area contributed by atoms with E-state index in [1.165, 1.54) is 29.8 Å². The van der Waals surface area contributed by atoms with Crippen LogP contribution in [-0.2, 0) is 16.4 Å². The molecule has 112 valence electrons. The summed E-state index contributed by atoms with van der Waals surface area (Å²) in [4.78, 5) is 0.642. The van der Waals surface area contributed by atoms with Gasteiger partial charge in [0.25, 0.3) is 0 Å². The maximum absolute atomic E-state index is 12.2. The van der Waals surface area contributed by atoms with Crippen LogP contribution in [0.25, 0.3) is 4.96 Å². The lowest BCUT2D eigenvalue weighted by atomic mass is 10.2. The van der Waals surface area contributed by atoms with E-state index in [1.807, 2.05) is 6.07 Å². The number of sulfonamides is 1. The second-order valence-electron chi connectivity index (χ2n) is 4.31. The predicted octanol–water partition coefficient (Wildman–Crippen LogP) is 0.578. The fraction of sp³-hybridized carbons (Fsp3) is 0.167. The maximum Gasteiger partial charge on any atom is 0.241 e. The lowest BCUT2D eigenvalue weighted by molar-refractivity contribution is 0.581. The fourth-order valence-corrected chi connectivity index (χ4v) is 3.87. The molecule has 0 amide bonds. The highest BCUT2D eigenvalue weighted by atomic mass is 32.2. The molecule has 0 aliphatic rings. The molecular formula is C12H10N6O2S2. The molecule has 0 bridgehead atoms. The molecule has 0 saturated heterocycles. The largest absolute Gasteiger partial charge is 0.241 e. The molecule has 2 aromatic heterocycles. The molecule has 0 spiro atoms. The van der Waals surface area contributed by atoms with Crippen molar-refractivity contribution in [1.29, 1.82) is 5.26 Å². The Morgan fingerprint density at radius 3 is 2.95 bits per heavy atom. The molecule has 1 aromatic carbocycles. The van der Waals surface area contributed by atoms with Gasteiger partial charge in [0.2, 0.25) is 15.0 Å². The number of hydrogen-bond acceptors (Lipinski definition) is 7. The zero-order valence-corrected chi connectivity index (χ0v) is 12.8. The summed E-state index contributed by atoms with van der Waals surface area (Å²) in [5.74, 6) is 0. The molecule has 0 fully saturated rings. The summed E-state index contributed by atoms with van der Waals surface area (Å²) < 4.78 is 28.5. The Morgan fingerprint density at radius 1 is 1.36 bits per heavy atom. The SMILES string of the molecule is N#Cc1ccccc1S(=O)(=O)NCCc1nn2cnnc2s1. The second kappa shape index (κ2) is 5.80. The van der Waals surface area contributed by atoms with E-state index in [4.69, 9.17) is 5.26 Å². The minimum atomic E-state index is -3.72. The van der Waals surface area contributed by atoms with Crippen LogP contribution in [0, 0.1) is 11.3 Å². The van der Waals surface area contributed by atoms with Gasteiger partial charge < -0.3 is 0 Å². The number of hydrogen-bond donors (Lipinski definition) is 1. The molecule has 3 rings (SSSR count). The van der Waals surface area contributed by atoms with Crippen molar-refractivity contribution in [1.82, 2.24) is 24.5 Å². The first-order chi connectivity index (χ1) is 10.6. The van der Waals surface area contributed by atoms with E-state index in [-0.39, 0.29) is 17.0 Å². The third-order valence-corrected chi connectivity index (χ3v) is 5.35. The lowest BCUT2D eigenvalue weighted by Crippen LogP contribution is -2.26. The Morgan fingerprint density at radius 2 is 2.18 bits per heavy atom. The van der Waals surface area contributed by atoms with Crippen LogP contribution < -0.4 is 4.72 Å². The van der Waals surface area contributed by atoms with E-state index in [0.717, 1.165) is 5.01 Å². The maximum atomic E-state index is 12.2. The molecule has 8 nitrogen and oxygen atoms in total. The molecule has 22 heavy (non-hydrogen) atoms. The number of nitriles is 1. The van der Waals surface area contributed by atoms with Gasteiger partial charge in [-0.2, -0.15) is 14.9 Å². The minimum Gasteiger partial charge on any atom is -0.211 e. The number of nitrogens with zero attached hydrogens (tertiary/aromatic N) is 5. The molecule has 0 aliphatic heterocycles. The van der Waals surface area contributed by atoms with Crippen LogP contribution in [0.2, 0.25) is 0 Å². The molecule has 1 N–H and O–H groups in total. The summed E-state index contributed by atoms with van der Waals surface area (Å²) in [5, 5.41) is 21.5. The highest BCUT2D eigenvalue weighted by Crippen LogP contribution is 2.15. The standard InChI is InChI=1S/C12H10N6O2S2/c13-7-9-3-1-2-4-10(9)22(19,20)15-6-5-11-17-18-8-14-16-12(18)21-11/h1-4,8,15H,5-6H2. The summed E-state index contributed by atoms with van der Waals surface area (Å²) in [7, 11) is -3.72. The normalized spacial score (nSPS) is 11.6. The van der Waals surface area contributed by atoms with Gasteiger partial charge in [0.15, 0.2) is 0 Å². The monoisotopic (exact) mass is 334 g/mol. The van der Waals surface area contributed by atoms with Crippen LogP contribution in [-0.4, -0.2) is 34.8 Å². The minimum absolute atomic E-state index is 0.0179. The van der Waals surface area contributed by atoms with Gasteiger partial charge in [-0.3, -0.25) is 0 Å². The molecule has 0 unspecified atom stereocenters. The Labute approximate surface area is 130 Å². The van der Waals surface area contributed by atoms with Crippen LogP contribution in [0.1, 0.15) is 10.6 Å². The van der Waals surface area contributed by atoms with Gasteiger partial charge >= 0.3 is 0 Å². The average molecular weight is 334 g/mol. The van der Waals surface area contributed by atoms with Crippen LogP contribution in [0.15, 0.2) is 35.5 Å². The van der Waals surface area contributed by atoms with Crippen molar-refractivity contribution in [3.05, 3.63) is 41.2 Å². The van der Waals surface area contributed by atoms with Gasteiger partial charge in [0.1, 0.15) is 17.4 Å². The molecule has 0 saturated carbocycles. The van der Waals surface area contributed by atoms with E-state index < -0.39 is 10.0 Å². The summed E-state index contributed by atoms with van der Waals surface area (Å²) in [6.45, 7) is 0.187. The number of benzene rings is 1. The molecule has 0 aliphatic carbocycles. The second-order valence-corrected chi connectivity index (χ2v) is 7.09. The molecular weight excluding hydrogens is 324 g/mol. The molecule has 3 aromatic rings. The summed E-state index contributed by atoms with van der Waals surface area (Å²) >= 11 is 1.35. The van der Waals surface area contributed by atoms with Crippen molar-refractivity contribution in [3.63, 3.8) is 0 Å². The number of nitrogens with one attached hydrogen (secondary N) is 1.